The van der Waals surface area contributed by atoms with Crippen molar-refractivity contribution < 1.29 is 17.9 Å². The number of halogens is 3. The van der Waals surface area contributed by atoms with Gasteiger partial charge in [-0.1, -0.05) is 0 Å². The predicted molar refractivity (Wildman–Crippen MR) is 51.8 cm³/mol. The smallest absolute Gasteiger partial charge is 0.370 e. The Bertz CT molecular complexity index is 324. The molecule has 92 valence electrons. The number of nitrogens with two attached hydrogens (primary N) is 1. The Labute approximate surface area is 91.2 Å². The SMILES string of the molecule is Cn1ccc(CC(N)COCC(F)(F)F)n1. The van der Waals surface area contributed by atoms with Crippen molar-refractivity contribution in [2.45, 2.75) is 18.6 Å². The molecule has 1 aromatic rings. The van der Waals surface area contributed by atoms with Crippen LogP contribution in [0, 0.1) is 0 Å². The summed E-state index contributed by atoms with van der Waals surface area (Å²) in [7, 11) is 1.76. The average molecular weight is 237 g/mol. The van der Waals surface area contributed by atoms with Crippen molar-refractivity contribution in [3.05, 3.63) is 18.0 Å². The summed E-state index contributed by atoms with van der Waals surface area (Å²) < 4.78 is 41.3. The van der Waals surface area contributed by atoms with Gasteiger partial charge in [-0.05, 0) is 6.07 Å². The third kappa shape index (κ3) is 5.13. The lowest BCUT2D eigenvalue weighted by molar-refractivity contribution is -0.174. The van der Waals surface area contributed by atoms with E-state index in [9.17, 15) is 13.2 Å². The largest absolute Gasteiger partial charge is 0.411 e. The van der Waals surface area contributed by atoms with Crippen LogP contribution < -0.4 is 5.73 Å². The van der Waals surface area contributed by atoms with Gasteiger partial charge < -0.3 is 10.5 Å². The Balaban J connectivity index is 2.23. The highest BCUT2D eigenvalue weighted by molar-refractivity contribution is 5.00. The van der Waals surface area contributed by atoms with Crippen molar-refractivity contribution in [1.82, 2.24) is 9.78 Å². The van der Waals surface area contributed by atoms with E-state index >= 15 is 0 Å². The van der Waals surface area contributed by atoms with Gasteiger partial charge in [-0.3, -0.25) is 4.68 Å². The first kappa shape index (κ1) is 13.0. The third-order valence-electron chi connectivity index (χ3n) is 1.84. The molecule has 0 bridgehead atoms. The second-order valence-corrected chi connectivity index (χ2v) is 3.58. The van der Waals surface area contributed by atoms with Crippen LogP contribution >= 0.6 is 0 Å². The monoisotopic (exact) mass is 237 g/mol. The van der Waals surface area contributed by atoms with Crippen LogP contribution in [-0.2, 0) is 18.2 Å². The maximum atomic E-state index is 11.8. The van der Waals surface area contributed by atoms with Gasteiger partial charge in [0.2, 0.25) is 0 Å². The van der Waals surface area contributed by atoms with Gasteiger partial charge in [-0.25, -0.2) is 0 Å². The van der Waals surface area contributed by atoms with E-state index in [1.807, 2.05) is 0 Å². The molecule has 1 atom stereocenters. The minimum atomic E-state index is -4.30. The molecule has 0 saturated carbocycles. The molecule has 0 fully saturated rings. The Hall–Kier alpha value is -1.08. The standard InChI is InChI=1S/C9H14F3N3O/c1-15-3-2-8(14-15)4-7(13)5-16-6-9(10,11)12/h2-3,7H,4-6,13H2,1H3. The molecule has 0 aliphatic carbocycles. The molecule has 0 aliphatic heterocycles. The Morgan fingerprint density at radius 3 is 2.75 bits per heavy atom. The second-order valence-electron chi connectivity index (χ2n) is 3.58. The fraction of sp³-hybridized carbons (Fsp3) is 0.667. The molecule has 1 rings (SSSR count). The van der Waals surface area contributed by atoms with Crippen molar-refractivity contribution >= 4 is 0 Å². The topological polar surface area (TPSA) is 53.1 Å². The van der Waals surface area contributed by atoms with E-state index < -0.39 is 18.8 Å². The van der Waals surface area contributed by atoms with Crippen LogP contribution in [0.2, 0.25) is 0 Å². The van der Waals surface area contributed by atoms with Gasteiger partial charge in [0.05, 0.1) is 12.3 Å². The number of hydrogen-bond donors (Lipinski definition) is 1. The second kappa shape index (κ2) is 5.31. The lowest BCUT2D eigenvalue weighted by Gasteiger charge is -2.12. The van der Waals surface area contributed by atoms with E-state index in [2.05, 4.69) is 9.84 Å². The summed E-state index contributed by atoms with van der Waals surface area (Å²) in [5, 5.41) is 4.07. The van der Waals surface area contributed by atoms with E-state index in [4.69, 9.17) is 5.73 Å². The Morgan fingerprint density at radius 2 is 2.25 bits per heavy atom. The van der Waals surface area contributed by atoms with Crippen LogP contribution in [0.15, 0.2) is 12.3 Å². The normalized spacial score (nSPS) is 14.1. The molecule has 4 nitrogen and oxygen atoms in total. The molecule has 0 radical (unpaired) electrons. The van der Waals surface area contributed by atoms with E-state index in [-0.39, 0.29) is 6.61 Å². The number of aromatic nitrogens is 2. The van der Waals surface area contributed by atoms with Crippen molar-refractivity contribution in [2.24, 2.45) is 12.8 Å². The summed E-state index contributed by atoms with van der Waals surface area (Å²) in [6.07, 6.45) is -2.15. The molecule has 2 N–H and O–H groups in total. The van der Waals surface area contributed by atoms with Gasteiger partial charge in [0.1, 0.15) is 6.61 Å². The molecule has 0 amide bonds. The summed E-state index contributed by atoms with van der Waals surface area (Å²) >= 11 is 0. The minimum Gasteiger partial charge on any atom is -0.370 e. The van der Waals surface area contributed by atoms with Crippen molar-refractivity contribution in [3.8, 4) is 0 Å². The van der Waals surface area contributed by atoms with Crippen LogP contribution in [0.4, 0.5) is 13.2 Å². The Kier molecular flexibility index (Phi) is 4.31. The molecular weight excluding hydrogens is 223 g/mol. The zero-order valence-corrected chi connectivity index (χ0v) is 8.87. The van der Waals surface area contributed by atoms with Gasteiger partial charge in [-0.2, -0.15) is 18.3 Å². The molecule has 1 unspecified atom stereocenters. The van der Waals surface area contributed by atoms with E-state index in [1.165, 1.54) is 0 Å². The highest BCUT2D eigenvalue weighted by Gasteiger charge is 2.27. The van der Waals surface area contributed by atoms with Crippen molar-refractivity contribution in [3.63, 3.8) is 0 Å². The first-order valence-corrected chi connectivity index (χ1v) is 4.75. The fourth-order valence-corrected chi connectivity index (χ4v) is 1.23. The number of hydrogen-bond acceptors (Lipinski definition) is 3. The minimum absolute atomic E-state index is 0.129. The van der Waals surface area contributed by atoms with Crippen molar-refractivity contribution in [1.29, 1.82) is 0 Å². The number of rotatable bonds is 5. The molecule has 0 saturated heterocycles. The van der Waals surface area contributed by atoms with Crippen LogP contribution in [0.1, 0.15) is 5.69 Å². The van der Waals surface area contributed by atoms with Gasteiger partial charge in [0.15, 0.2) is 0 Å². The molecule has 1 heterocycles. The summed E-state index contributed by atoms with van der Waals surface area (Å²) in [5.41, 5.74) is 6.34. The highest BCUT2D eigenvalue weighted by Crippen LogP contribution is 2.14. The van der Waals surface area contributed by atoms with E-state index in [0.717, 1.165) is 5.69 Å². The Morgan fingerprint density at radius 1 is 1.56 bits per heavy atom. The molecule has 1 aromatic heterocycles. The first-order valence-electron chi connectivity index (χ1n) is 4.75. The van der Waals surface area contributed by atoms with Gasteiger partial charge in [0, 0.05) is 25.7 Å². The van der Waals surface area contributed by atoms with Crippen LogP contribution in [0.25, 0.3) is 0 Å². The summed E-state index contributed by atoms with van der Waals surface area (Å²) in [4.78, 5) is 0. The van der Waals surface area contributed by atoms with Gasteiger partial charge >= 0.3 is 6.18 Å². The molecule has 16 heavy (non-hydrogen) atoms. The molecule has 0 aliphatic rings. The summed E-state index contributed by atoms with van der Waals surface area (Å²) in [6.45, 7) is -1.39. The van der Waals surface area contributed by atoms with E-state index in [1.54, 1.807) is 24.0 Å². The highest BCUT2D eigenvalue weighted by atomic mass is 19.4. The lowest BCUT2D eigenvalue weighted by Crippen LogP contribution is -2.31. The molecule has 0 spiro atoms. The first-order chi connectivity index (χ1) is 7.37. The number of aryl methyl sites for hydroxylation is 1. The molecule has 0 aromatic carbocycles. The van der Waals surface area contributed by atoms with Crippen LogP contribution in [-0.4, -0.2) is 35.2 Å². The zero-order valence-electron chi connectivity index (χ0n) is 8.87. The average Bonchev–Trinajstić information content (AvgIpc) is 2.48. The number of alkyl halides is 3. The fourth-order valence-electron chi connectivity index (χ4n) is 1.23. The number of ether oxygens (including phenoxy) is 1. The molecular formula is C9H14F3N3O. The molecule has 7 heteroatoms. The summed E-state index contributed by atoms with van der Waals surface area (Å²) in [6, 6.07) is 1.29. The predicted octanol–water partition coefficient (Wildman–Crippen LogP) is 0.869. The van der Waals surface area contributed by atoms with Crippen molar-refractivity contribution in [2.75, 3.05) is 13.2 Å². The van der Waals surface area contributed by atoms with Gasteiger partial charge in [-0.15, -0.1) is 0 Å². The lowest BCUT2D eigenvalue weighted by atomic mass is 10.2. The maximum absolute atomic E-state index is 11.8. The van der Waals surface area contributed by atoms with Crippen LogP contribution in [0.3, 0.4) is 0 Å². The zero-order chi connectivity index (χ0) is 12.2. The maximum Gasteiger partial charge on any atom is 0.411 e. The summed E-state index contributed by atoms with van der Waals surface area (Å²) in [5.74, 6) is 0. The third-order valence-corrected chi connectivity index (χ3v) is 1.84. The quantitative estimate of drug-likeness (QED) is 0.826. The van der Waals surface area contributed by atoms with Crippen LogP contribution in [0.5, 0.6) is 0 Å². The van der Waals surface area contributed by atoms with E-state index in [0.29, 0.717) is 6.42 Å². The number of nitrogens with zero attached hydrogens (tertiary/aromatic N) is 2. The van der Waals surface area contributed by atoms with Gasteiger partial charge in [0.25, 0.3) is 0 Å².